The van der Waals surface area contributed by atoms with Crippen molar-refractivity contribution >= 4 is 0 Å². The van der Waals surface area contributed by atoms with Gasteiger partial charge in [0.25, 0.3) is 0 Å². The largest absolute Gasteiger partial charge is 0.349 e. The smallest absolute Gasteiger partial charge is 0.201 e. The van der Waals surface area contributed by atoms with Gasteiger partial charge in [0, 0.05) is 18.3 Å². The quantitative estimate of drug-likeness (QED) is 0.727. The second-order valence-corrected chi connectivity index (χ2v) is 8.63. The molecule has 1 spiro atoms. The van der Waals surface area contributed by atoms with Crippen LogP contribution in [0.15, 0.2) is 0 Å². The van der Waals surface area contributed by atoms with Crippen molar-refractivity contribution in [2.45, 2.75) is 96.8 Å². The summed E-state index contributed by atoms with van der Waals surface area (Å²) < 4.78 is 18.9. The number of ether oxygens (including phenoxy) is 3. The fourth-order valence-corrected chi connectivity index (χ4v) is 5.35. The van der Waals surface area contributed by atoms with Crippen molar-refractivity contribution in [2.75, 3.05) is 0 Å². The van der Waals surface area contributed by atoms with Crippen molar-refractivity contribution in [3.63, 3.8) is 0 Å². The molecule has 0 N–H and O–H groups in total. The lowest BCUT2D eigenvalue weighted by Crippen LogP contribution is -2.70. The Morgan fingerprint density at radius 1 is 1.12 bits per heavy atom. The molecule has 5 aliphatic rings. The maximum Gasteiger partial charge on any atom is 0.201 e. The Morgan fingerprint density at radius 3 is 2.67 bits per heavy atom. The molecule has 5 fully saturated rings. The fraction of sp³-hybridized carbons (Fsp3) is 1.00. The van der Waals surface area contributed by atoms with E-state index in [9.17, 15) is 0 Å². The SMILES string of the molecule is CCC(C)O[C@H]1O[C@H]2O[C@@]3(C)CC[C@H]4[C@H](C)CC[C@@H]([C@H]1C)[C@@]24OO3. The lowest BCUT2D eigenvalue weighted by molar-refractivity contribution is -0.578. The second-order valence-electron chi connectivity index (χ2n) is 8.63. The lowest BCUT2D eigenvalue weighted by atomic mass is 9.58. The summed E-state index contributed by atoms with van der Waals surface area (Å²) in [7, 11) is 0. The second kappa shape index (κ2) is 5.92. The summed E-state index contributed by atoms with van der Waals surface area (Å²) in [6.45, 7) is 10.8. The molecule has 0 radical (unpaired) electrons. The molecule has 5 nitrogen and oxygen atoms in total. The van der Waals surface area contributed by atoms with Crippen LogP contribution in [0.5, 0.6) is 0 Å². The first kappa shape index (κ1) is 17.2. The van der Waals surface area contributed by atoms with Gasteiger partial charge in [-0.05, 0) is 51.4 Å². The van der Waals surface area contributed by atoms with E-state index in [0.29, 0.717) is 17.8 Å². The molecular weight excluding hydrogens is 308 g/mol. The Bertz CT molecular complexity index is 484. The van der Waals surface area contributed by atoms with Crippen molar-refractivity contribution in [1.82, 2.24) is 0 Å². The van der Waals surface area contributed by atoms with E-state index in [1.54, 1.807) is 0 Å². The van der Waals surface area contributed by atoms with Gasteiger partial charge in [-0.2, -0.15) is 0 Å². The zero-order chi connectivity index (χ0) is 17.1. The highest BCUT2D eigenvalue weighted by Crippen LogP contribution is 2.60. The summed E-state index contributed by atoms with van der Waals surface area (Å²) in [4.78, 5) is 12.0. The Morgan fingerprint density at radius 2 is 1.92 bits per heavy atom. The molecule has 9 atom stereocenters. The van der Waals surface area contributed by atoms with Gasteiger partial charge in [0.15, 0.2) is 18.2 Å². The molecule has 1 unspecified atom stereocenters. The van der Waals surface area contributed by atoms with Crippen LogP contribution in [0.2, 0.25) is 0 Å². The van der Waals surface area contributed by atoms with Crippen molar-refractivity contribution in [3.8, 4) is 0 Å². The molecule has 4 aliphatic heterocycles. The van der Waals surface area contributed by atoms with E-state index >= 15 is 0 Å². The van der Waals surface area contributed by atoms with E-state index < -0.39 is 17.7 Å². The molecule has 24 heavy (non-hydrogen) atoms. The summed E-state index contributed by atoms with van der Waals surface area (Å²) in [6, 6.07) is 0. The Hall–Kier alpha value is -0.200. The predicted molar refractivity (Wildman–Crippen MR) is 87.7 cm³/mol. The first-order chi connectivity index (χ1) is 11.4. The minimum absolute atomic E-state index is 0.181. The first-order valence-corrected chi connectivity index (χ1v) is 9.75. The van der Waals surface area contributed by atoms with Gasteiger partial charge in [-0.3, -0.25) is 0 Å². The van der Waals surface area contributed by atoms with E-state index in [4.69, 9.17) is 24.0 Å². The maximum atomic E-state index is 6.38. The summed E-state index contributed by atoms with van der Waals surface area (Å²) in [5.74, 6) is 0.907. The Labute approximate surface area is 145 Å². The third kappa shape index (κ3) is 2.39. The van der Waals surface area contributed by atoms with E-state index in [-0.39, 0.29) is 18.3 Å². The average Bonchev–Trinajstić information content (AvgIpc) is 2.78. The van der Waals surface area contributed by atoms with Crippen molar-refractivity contribution < 1.29 is 24.0 Å². The molecule has 0 aromatic rings. The normalized spacial score (nSPS) is 54.9. The van der Waals surface area contributed by atoms with Crippen molar-refractivity contribution in [2.24, 2.45) is 23.7 Å². The van der Waals surface area contributed by atoms with Gasteiger partial charge in [-0.1, -0.05) is 20.8 Å². The Balaban J connectivity index is 1.69. The van der Waals surface area contributed by atoms with Crippen LogP contribution in [0, 0.1) is 23.7 Å². The van der Waals surface area contributed by atoms with Gasteiger partial charge in [-0.15, -0.1) is 0 Å². The molecule has 4 saturated heterocycles. The number of rotatable bonds is 3. The molecule has 0 amide bonds. The van der Waals surface area contributed by atoms with Crippen LogP contribution in [0.25, 0.3) is 0 Å². The van der Waals surface area contributed by atoms with Crippen LogP contribution in [0.3, 0.4) is 0 Å². The van der Waals surface area contributed by atoms with E-state index in [0.717, 1.165) is 25.7 Å². The molecule has 5 heteroatoms. The zero-order valence-electron chi connectivity index (χ0n) is 15.6. The van der Waals surface area contributed by atoms with Gasteiger partial charge < -0.3 is 14.2 Å². The monoisotopic (exact) mass is 340 g/mol. The Kier molecular flexibility index (Phi) is 4.25. The molecule has 4 heterocycles. The third-order valence-corrected chi connectivity index (χ3v) is 7.04. The molecule has 0 aromatic heterocycles. The standard InChI is InChI=1S/C19H32O5/c1-6-12(3)20-16-13(4)15-8-7-11(2)14-9-10-18(5)22-17(21-16)19(14,15)24-23-18/h11-17H,6-10H2,1-5H3/t11-,12?,13-,14+,15+,16+,17+,18-,19-/m1/s1. The van der Waals surface area contributed by atoms with Crippen LogP contribution < -0.4 is 0 Å². The maximum absolute atomic E-state index is 6.38. The molecular formula is C19H32O5. The number of hydrogen-bond acceptors (Lipinski definition) is 5. The highest BCUT2D eigenvalue weighted by Gasteiger charge is 2.69. The third-order valence-electron chi connectivity index (χ3n) is 7.04. The van der Waals surface area contributed by atoms with Crippen LogP contribution in [0.4, 0.5) is 0 Å². The van der Waals surface area contributed by atoms with Gasteiger partial charge in [-0.25, -0.2) is 9.78 Å². The van der Waals surface area contributed by atoms with Gasteiger partial charge in [0.2, 0.25) is 5.79 Å². The first-order valence-electron chi connectivity index (χ1n) is 9.75. The van der Waals surface area contributed by atoms with Gasteiger partial charge in [0.05, 0.1) is 6.10 Å². The molecule has 1 saturated carbocycles. The van der Waals surface area contributed by atoms with Crippen molar-refractivity contribution in [3.05, 3.63) is 0 Å². The average molecular weight is 340 g/mol. The molecule has 5 rings (SSSR count). The van der Waals surface area contributed by atoms with Crippen LogP contribution >= 0.6 is 0 Å². The summed E-state index contributed by atoms with van der Waals surface area (Å²) >= 11 is 0. The lowest BCUT2D eigenvalue weighted by Gasteiger charge is -2.60. The van der Waals surface area contributed by atoms with Crippen LogP contribution in [-0.4, -0.2) is 30.1 Å². The molecule has 0 aromatic carbocycles. The highest BCUT2D eigenvalue weighted by molar-refractivity contribution is 5.09. The van der Waals surface area contributed by atoms with Gasteiger partial charge >= 0.3 is 0 Å². The number of hydrogen-bond donors (Lipinski definition) is 0. The molecule has 1 aliphatic carbocycles. The fourth-order valence-electron chi connectivity index (χ4n) is 5.35. The van der Waals surface area contributed by atoms with Gasteiger partial charge in [0.1, 0.15) is 0 Å². The van der Waals surface area contributed by atoms with E-state index in [1.165, 1.54) is 6.42 Å². The molecule has 2 bridgehead atoms. The van der Waals surface area contributed by atoms with E-state index in [1.807, 2.05) is 6.92 Å². The van der Waals surface area contributed by atoms with Crippen LogP contribution in [0.1, 0.15) is 66.7 Å². The summed E-state index contributed by atoms with van der Waals surface area (Å²) in [6.07, 6.45) is 4.78. The minimum Gasteiger partial charge on any atom is -0.349 e. The van der Waals surface area contributed by atoms with Crippen LogP contribution in [-0.2, 0) is 24.0 Å². The predicted octanol–water partition coefficient (Wildman–Crippen LogP) is 4.01. The summed E-state index contributed by atoms with van der Waals surface area (Å²) in [5.41, 5.74) is -0.484. The topological polar surface area (TPSA) is 46.2 Å². The summed E-state index contributed by atoms with van der Waals surface area (Å²) in [5, 5.41) is 0. The minimum atomic E-state index is -0.709. The van der Waals surface area contributed by atoms with E-state index in [2.05, 4.69) is 27.7 Å². The van der Waals surface area contributed by atoms with Crippen molar-refractivity contribution in [1.29, 1.82) is 0 Å². The highest BCUT2D eigenvalue weighted by atomic mass is 17.3. The number of fused-ring (bicyclic) bond motifs is 2. The molecule has 138 valence electrons. The zero-order valence-corrected chi connectivity index (χ0v) is 15.6.